The molecule has 1 aliphatic rings. The van der Waals surface area contributed by atoms with Crippen molar-refractivity contribution in [1.82, 2.24) is 0 Å². The monoisotopic (exact) mass is 251 g/mol. The molecule has 1 fully saturated rings. The molecule has 0 saturated carbocycles. The summed E-state index contributed by atoms with van der Waals surface area (Å²) >= 11 is 0. The van der Waals surface area contributed by atoms with Gasteiger partial charge in [-0.15, -0.1) is 0 Å². The molecular weight excluding hydrogens is 238 g/mol. The molecular formula is C12H13NO3S. The third-order valence-electron chi connectivity index (χ3n) is 2.87. The summed E-state index contributed by atoms with van der Waals surface area (Å²) in [7, 11) is -3.57. The number of nitriles is 1. The van der Waals surface area contributed by atoms with Crippen LogP contribution in [0.2, 0.25) is 0 Å². The Hall–Kier alpha value is -1.38. The second kappa shape index (κ2) is 4.47. The topological polar surface area (TPSA) is 70.5 Å². The molecule has 5 heteroatoms. The predicted molar refractivity (Wildman–Crippen MR) is 62.0 cm³/mol. The van der Waals surface area contributed by atoms with Crippen molar-refractivity contribution >= 4 is 9.84 Å². The average molecular weight is 251 g/mol. The van der Waals surface area contributed by atoms with Crippen LogP contribution in [0.25, 0.3) is 0 Å². The van der Waals surface area contributed by atoms with Gasteiger partial charge < -0.3 is 4.74 Å². The number of hydrogen-bond acceptors (Lipinski definition) is 4. The summed E-state index contributed by atoms with van der Waals surface area (Å²) in [4.78, 5) is 0.194. The molecule has 1 aromatic rings. The van der Waals surface area contributed by atoms with Gasteiger partial charge in [-0.05, 0) is 19.1 Å². The summed E-state index contributed by atoms with van der Waals surface area (Å²) in [5, 5.41) is 7.97. The molecule has 0 aliphatic carbocycles. The molecule has 0 N–H and O–H groups in total. The second-order valence-corrected chi connectivity index (χ2v) is 6.22. The Morgan fingerprint density at radius 1 is 1.41 bits per heavy atom. The Balaban J connectivity index is 2.22. The highest BCUT2D eigenvalue weighted by Crippen LogP contribution is 2.29. The summed E-state index contributed by atoms with van der Waals surface area (Å²) in [5.41, 5.74) is 0. The van der Waals surface area contributed by atoms with Crippen molar-refractivity contribution < 1.29 is 13.2 Å². The molecule has 0 amide bonds. The Kier molecular flexibility index (Phi) is 3.18. The normalized spacial score (nSPS) is 24.9. The largest absolute Gasteiger partial charge is 0.370 e. The van der Waals surface area contributed by atoms with Gasteiger partial charge in [0.2, 0.25) is 0 Å². The minimum atomic E-state index is -3.57. The van der Waals surface area contributed by atoms with Crippen LogP contribution in [-0.2, 0) is 14.6 Å². The van der Waals surface area contributed by atoms with Crippen LogP contribution in [0.15, 0.2) is 35.2 Å². The van der Waals surface area contributed by atoms with Gasteiger partial charge in [-0.3, -0.25) is 0 Å². The second-order valence-electron chi connectivity index (χ2n) is 4.09. The fraction of sp³-hybridized carbons (Fsp3) is 0.417. The van der Waals surface area contributed by atoms with Crippen molar-refractivity contribution in [3.63, 3.8) is 0 Å². The summed E-state index contributed by atoms with van der Waals surface area (Å²) in [5.74, 6) is 0. The SMILES string of the molecule is CC1OC1CC(C#N)S(=O)(=O)c1ccccc1. The van der Waals surface area contributed by atoms with E-state index in [0.717, 1.165) is 0 Å². The van der Waals surface area contributed by atoms with Crippen molar-refractivity contribution in [3.8, 4) is 6.07 Å². The first-order chi connectivity index (χ1) is 8.05. The van der Waals surface area contributed by atoms with Gasteiger partial charge >= 0.3 is 0 Å². The van der Waals surface area contributed by atoms with E-state index in [0.29, 0.717) is 0 Å². The standard InChI is InChI=1S/C12H13NO3S/c1-9-12(16-9)7-11(8-13)17(14,15)10-5-3-2-4-6-10/h2-6,9,11-12H,7H2,1H3. The number of hydrogen-bond donors (Lipinski definition) is 0. The van der Waals surface area contributed by atoms with Crippen LogP contribution in [0.4, 0.5) is 0 Å². The van der Waals surface area contributed by atoms with Crippen LogP contribution >= 0.6 is 0 Å². The van der Waals surface area contributed by atoms with E-state index in [4.69, 9.17) is 10.00 Å². The van der Waals surface area contributed by atoms with Gasteiger partial charge in [0, 0.05) is 6.42 Å². The molecule has 0 spiro atoms. The quantitative estimate of drug-likeness (QED) is 0.761. The Bertz CT molecular complexity index is 533. The van der Waals surface area contributed by atoms with E-state index in [-0.39, 0.29) is 23.5 Å². The zero-order valence-electron chi connectivity index (χ0n) is 9.41. The Labute approximate surface area is 101 Å². The van der Waals surface area contributed by atoms with E-state index >= 15 is 0 Å². The van der Waals surface area contributed by atoms with E-state index in [9.17, 15) is 8.42 Å². The molecule has 90 valence electrons. The molecule has 3 atom stereocenters. The van der Waals surface area contributed by atoms with Gasteiger partial charge in [-0.1, -0.05) is 18.2 Å². The molecule has 1 aromatic carbocycles. The van der Waals surface area contributed by atoms with E-state index in [2.05, 4.69) is 0 Å². The van der Waals surface area contributed by atoms with Crippen LogP contribution in [0.3, 0.4) is 0 Å². The summed E-state index contributed by atoms with van der Waals surface area (Å²) < 4.78 is 29.5. The first-order valence-corrected chi connectivity index (χ1v) is 6.94. The van der Waals surface area contributed by atoms with Gasteiger partial charge in [0.05, 0.1) is 23.2 Å². The van der Waals surface area contributed by atoms with Crippen molar-refractivity contribution in [2.45, 2.75) is 35.7 Å². The van der Waals surface area contributed by atoms with E-state index in [1.807, 2.05) is 13.0 Å². The highest BCUT2D eigenvalue weighted by atomic mass is 32.2. The van der Waals surface area contributed by atoms with Crippen molar-refractivity contribution in [2.75, 3.05) is 0 Å². The van der Waals surface area contributed by atoms with Crippen LogP contribution in [0.1, 0.15) is 13.3 Å². The molecule has 0 radical (unpaired) electrons. The van der Waals surface area contributed by atoms with Gasteiger partial charge in [-0.25, -0.2) is 8.42 Å². The lowest BCUT2D eigenvalue weighted by Crippen LogP contribution is -2.22. The van der Waals surface area contributed by atoms with Crippen LogP contribution in [0.5, 0.6) is 0 Å². The number of nitrogens with zero attached hydrogens (tertiary/aromatic N) is 1. The lowest BCUT2D eigenvalue weighted by Gasteiger charge is -2.09. The van der Waals surface area contributed by atoms with Gasteiger partial charge in [0.15, 0.2) is 15.1 Å². The van der Waals surface area contributed by atoms with Crippen LogP contribution < -0.4 is 0 Å². The zero-order valence-corrected chi connectivity index (χ0v) is 10.2. The smallest absolute Gasteiger partial charge is 0.194 e. The minimum Gasteiger partial charge on any atom is -0.370 e. The lowest BCUT2D eigenvalue weighted by atomic mass is 10.2. The maximum absolute atomic E-state index is 12.2. The number of rotatable bonds is 4. The number of epoxide rings is 1. The third kappa shape index (κ3) is 2.48. The molecule has 17 heavy (non-hydrogen) atoms. The number of ether oxygens (including phenoxy) is 1. The first kappa shape index (κ1) is 12.1. The molecule has 3 unspecified atom stereocenters. The highest BCUT2D eigenvalue weighted by molar-refractivity contribution is 7.92. The fourth-order valence-corrected chi connectivity index (χ4v) is 3.16. The first-order valence-electron chi connectivity index (χ1n) is 5.39. The maximum atomic E-state index is 12.2. The molecule has 1 heterocycles. The van der Waals surface area contributed by atoms with E-state index in [1.165, 1.54) is 12.1 Å². The van der Waals surface area contributed by atoms with Crippen molar-refractivity contribution in [1.29, 1.82) is 5.26 Å². The zero-order chi connectivity index (χ0) is 12.5. The van der Waals surface area contributed by atoms with Gasteiger partial charge in [-0.2, -0.15) is 5.26 Å². The van der Waals surface area contributed by atoms with Gasteiger partial charge in [0.25, 0.3) is 0 Å². The summed E-state index contributed by atoms with van der Waals surface area (Å²) in [6, 6.07) is 9.93. The van der Waals surface area contributed by atoms with Gasteiger partial charge in [0.1, 0.15) is 0 Å². The predicted octanol–water partition coefficient (Wildman–Crippen LogP) is 1.53. The molecule has 1 aliphatic heterocycles. The fourth-order valence-electron chi connectivity index (χ4n) is 1.71. The Morgan fingerprint density at radius 3 is 2.47 bits per heavy atom. The molecule has 4 nitrogen and oxygen atoms in total. The van der Waals surface area contributed by atoms with Crippen molar-refractivity contribution in [2.24, 2.45) is 0 Å². The molecule has 0 bridgehead atoms. The molecule has 2 rings (SSSR count). The van der Waals surface area contributed by atoms with Crippen molar-refractivity contribution in [3.05, 3.63) is 30.3 Å². The average Bonchev–Trinajstić information content (AvgIpc) is 3.03. The van der Waals surface area contributed by atoms with E-state index < -0.39 is 15.1 Å². The molecule has 1 saturated heterocycles. The summed E-state index contributed by atoms with van der Waals surface area (Å²) in [6.07, 6.45) is 0.212. The number of benzene rings is 1. The maximum Gasteiger partial charge on any atom is 0.194 e. The lowest BCUT2D eigenvalue weighted by molar-refractivity contribution is 0.371. The van der Waals surface area contributed by atoms with Crippen LogP contribution in [0, 0.1) is 11.3 Å². The summed E-state index contributed by atoms with van der Waals surface area (Å²) in [6.45, 7) is 1.87. The third-order valence-corrected chi connectivity index (χ3v) is 4.85. The number of sulfone groups is 1. The molecule has 0 aromatic heterocycles. The van der Waals surface area contributed by atoms with Crippen LogP contribution in [-0.4, -0.2) is 25.9 Å². The minimum absolute atomic E-state index is 0.0665. The Morgan fingerprint density at radius 2 is 2.00 bits per heavy atom. The highest BCUT2D eigenvalue weighted by Gasteiger charge is 2.40. The van der Waals surface area contributed by atoms with E-state index in [1.54, 1.807) is 18.2 Å².